The van der Waals surface area contributed by atoms with Crippen LogP contribution in [-0.2, 0) is 19.9 Å². The van der Waals surface area contributed by atoms with Crippen LogP contribution in [0.5, 0.6) is 0 Å². The van der Waals surface area contributed by atoms with E-state index in [0.29, 0.717) is 0 Å². The molecule has 1 aliphatic carbocycles. The Hall–Kier alpha value is -3.03. The molecule has 1 fully saturated rings. The lowest BCUT2D eigenvalue weighted by molar-refractivity contribution is 0.619. The van der Waals surface area contributed by atoms with Crippen molar-refractivity contribution in [1.29, 1.82) is 0 Å². The second-order valence-electron chi connectivity index (χ2n) is 7.47. The molecule has 2 aliphatic rings. The Bertz CT molecular complexity index is 974. The molecule has 8 heteroatoms. The Kier molecular flexibility index (Phi) is 4.38. The van der Waals surface area contributed by atoms with E-state index in [1.54, 1.807) is 17.2 Å². The average molecular weight is 376 g/mol. The van der Waals surface area contributed by atoms with Crippen molar-refractivity contribution in [3.05, 3.63) is 42.4 Å². The minimum absolute atomic E-state index is 0.859. The van der Waals surface area contributed by atoms with Crippen LogP contribution in [0.15, 0.2) is 31.1 Å². The normalized spacial score (nSPS) is 16.9. The fraction of sp³-hybridized carbons (Fsp3) is 0.450. The predicted molar refractivity (Wildman–Crippen MR) is 107 cm³/mol. The Labute approximate surface area is 164 Å². The number of anilines is 2. The zero-order valence-corrected chi connectivity index (χ0v) is 16.1. The molecule has 0 bridgehead atoms. The first-order valence-electron chi connectivity index (χ1n) is 9.91. The standard InChI is InChI=1S/C20H24N8/c1-26-13-15(10-24-26)18-11-21-12-19(25-18)27-6-8-28(9-7-27)20-16-4-2-3-5-17(16)22-14-23-20/h10-14H,2-9H2,1H3. The molecule has 1 aliphatic heterocycles. The molecular weight excluding hydrogens is 352 g/mol. The lowest BCUT2D eigenvalue weighted by Gasteiger charge is -2.37. The third kappa shape index (κ3) is 3.19. The Balaban J connectivity index is 1.32. The van der Waals surface area contributed by atoms with Gasteiger partial charge in [-0.25, -0.2) is 15.0 Å². The van der Waals surface area contributed by atoms with Crippen LogP contribution in [0.3, 0.4) is 0 Å². The van der Waals surface area contributed by atoms with Gasteiger partial charge in [0, 0.05) is 56.2 Å². The smallest absolute Gasteiger partial charge is 0.147 e. The van der Waals surface area contributed by atoms with Crippen molar-refractivity contribution in [3.63, 3.8) is 0 Å². The molecule has 4 heterocycles. The zero-order chi connectivity index (χ0) is 18.9. The summed E-state index contributed by atoms with van der Waals surface area (Å²) in [6.45, 7) is 3.68. The summed E-state index contributed by atoms with van der Waals surface area (Å²) in [5.41, 5.74) is 4.45. The van der Waals surface area contributed by atoms with Crippen LogP contribution in [0.25, 0.3) is 11.3 Å². The number of aryl methyl sites for hydroxylation is 2. The molecule has 0 amide bonds. The second-order valence-corrected chi connectivity index (χ2v) is 7.47. The number of hydrogen-bond acceptors (Lipinski definition) is 7. The molecule has 3 aromatic heterocycles. The van der Waals surface area contributed by atoms with E-state index >= 15 is 0 Å². The molecule has 3 aromatic rings. The number of hydrogen-bond donors (Lipinski definition) is 0. The van der Waals surface area contributed by atoms with E-state index in [2.05, 4.69) is 29.9 Å². The minimum atomic E-state index is 0.859. The SMILES string of the molecule is Cn1cc(-c2cncc(N3CCN(c4ncnc5c4CCCC5)CC3)n2)cn1. The first kappa shape index (κ1) is 17.1. The Morgan fingerprint density at radius 2 is 1.71 bits per heavy atom. The van der Waals surface area contributed by atoms with Gasteiger partial charge in [-0.05, 0) is 25.7 Å². The second kappa shape index (κ2) is 7.18. The third-order valence-corrected chi connectivity index (χ3v) is 5.63. The lowest BCUT2D eigenvalue weighted by atomic mass is 9.96. The summed E-state index contributed by atoms with van der Waals surface area (Å²) in [5.74, 6) is 2.06. The maximum absolute atomic E-state index is 4.81. The van der Waals surface area contributed by atoms with Gasteiger partial charge < -0.3 is 9.80 Å². The number of aromatic nitrogens is 6. The summed E-state index contributed by atoms with van der Waals surface area (Å²) in [6, 6.07) is 0. The average Bonchev–Trinajstić information content (AvgIpc) is 3.20. The molecular formula is C20H24N8. The fourth-order valence-corrected chi connectivity index (χ4v) is 4.12. The van der Waals surface area contributed by atoms with Gasteiger partial charge in [0.25, 0.3) is 0 Å². The van der Waals surface area contributed by atoms with Gasteiger partial charge in [0.05, 0.1) is 24.3 Å². The Morgan fingerprint density at radius 1 is 0.893 bits per heavy atom. The van der Waals surface area contributed by atoms with Crippen LogP contribution >= 0.6 is 0 Å². The van der Waals surface area contributed by atoms with Crippen LogP contribution in [0, 0.1) is 0 Å². The van der Waals surface area contributed by atoms with Gasteiger partial charge >= 0.3 is 0 Å². The molecule has 0 aromatic carbocycles. The van der Waals surface area contributed by atoms with Crippen molar-refractivity contribution >= 4 is 11.6 Å². The highest BCUT2D eigenvalue weighted by molar-refractivity contribution is 5.58. The largest absolute Gasteiger partial charge is 0.353 e. The van der Waals surface area contributed by atoms with Gasteiger partial charge in [0.1, 0.15) is 18.0 Å². The maximum atomic E-state index is 4.81. The van der Waals surface area contributed by atoms with Gasteiger partial charge in [0.15, 0.2) is 0 Å². The van der Waals surface area contributed by atoms with Crippen LogP contribution < -0.4 is 9.80 Å². The molecule has 28 heavy (non-hydrogen) atoms. The van der Waals surface area contributed by atoms with Crippen LogP contribution in [0.2, 0.25) is 0 Å². The highest BCUT2D eigenvalue weighted by Gasteiger charge is 2.24. The fourth-order valence-electron chi connectivity index (χ4n) is 4.12. The summed E-state index contributed by atoms with van der Waals surface area (Å²) < 4.78 is 1.78. The van der Waals surface area contributed by atoms with Gasteiger partial charge in [-0.3, -0.25) is 9.67 Å². The summed E-state index contributed by atoms with van der Waals surface area (Å²) in [4.78, 5) is 23.1. The number of piperazine rings is 1. The summed E-state index contributed by atoms with van der Waals surface area (Å²) in [5, 5.41) is 4.23. The van der Waals surface area contributed by atoms with Crippen molar-refractivity contribution in [3.8, 4) is 11.3 Å². The van der Waals surface area contributed by atoms with E-state index in [1.807, 2.05) is 25.6 Å². The highest BCUT2D eigenvalue weighted by Crippen LogP contribution is 2.28. The van der Waals surface area contributed by atoms with Gasteiger partial charge in [-0.1, -0.05) is 0 Å². The summed E-state index contributed by atoms with van der Waals surface area (Å²) in [7, 11) is 1.91. The van der Waals surface area contributed by atoms with E-state index in [9.17, 15) is 0 Å². The third-order valence-electron chi connectivity index (χ3n) is 5.63. The van der Waals surface area contributed by atoms with Crippen molar-refractivity contribution in [2.45, 2.75) is 25.7 Å². The molecule has 0 N–H and O–H groups in total. The van der Waals surface area contributed by atoms with Crippen LogP contribution in [0.4, 0.5) is 11.6 Å². The monoisotopic (exact) mass is 376 g/mol. The predicted octanol–water partition coefficient (Wildman–Crippen LogP) is 1.87. The molecule has 1 saturated heterocycles. The molecule has 0 saturated carbocycles. The van der Waals surface area contributed by atoms with Crippen molar-refractivity contribution in [1.82, 2.24) is 29.7 Å². The van der Waals surface area contributed by atoms with E-state index in [1.165, 1.54) is 24.1 Å². The molecule has 0 unspecified atom stereocenters. The maximum Gasteiger partial charge on any atom is 0.147 e. The first-order chi connectivity index (χ1) is 13.8. The van der Waals surface area contributed by atoms with Crippen molar-refractivity contribution in [2.24, 2.45) is 7.05 Å². The van der Waals surface area contributed by atoms with E-state index in [0.717, 1.165) is 61.9 Å². The van der Waals surface area contributed by atoms with Crippen LogP contribution in [0.1, 0.15) is 24.1 Å². The minimum Gasteiger partial charge on any atom is -0.353 e. The molecule has 0 atom stereocenters. The van der Waals surface area contributed by atoms with E-state index in [4.69, 9.17) is 4.98 Å². The molecule has 0 radical (unpaired) electrons. The number of rotatable bonds is 3. The number of fused-ring (bicyclic) bond motifs is 1. The van der Waals surface area contributed by atoms with E-state index < -0.39 is 0 Å². The number of nitrogens with zero attached hydrogens (tertiary/aromatic N) is 8. The van der Waals surface area contributed by atoms with Crippen molar-refractivity contribution in [2.75, 3.05) is 36.0 Å². The quantitative estimate of drug-likeness (QED) is 0.691. The van der Waals surface area contributed by atoms with Gasteiger partial charge in [-0.2, -0.15) is 5.10 Å². The van der Waals surface area contributed by atoms with Crippen LogP contribution in [-0.4, -0.2) is 55.9 Å². The first-order valence-corrected chi connectivity index (χ1v) is 9.91. The molecule has 5 rings (SSSR count). The molecule has 0 spiro atoms. The highest BCUT2D eigenvalue weighted by atomic mass is 15.3. The van der Waals surface area contributed by atoms with Gasteiger partial charge in [0.2, 0.25) is 0 Å². The topological polar surface area (TPSA) is 75.9 Å². The summed E-state index contributed by atoms with van der Waals surface area (Å²) in [6.07, 6.45) is 13.8. The van der Waals surface area contributed by atoms with Gasteiger partial charge in [-0.15, -0.1) is 0 Å². The molecule has 144 valence electrons. The Morgan fingerprint density at radius 3 is 2.54 bits per heavy atom. The van der Waals surface area contributed by atoms with E-state index in [-0.39, 0.29) is 0 Å². The summed E-state index contributed by atoms with van der Waals surface area (Å²) >= 11 is 0. The van der Waals surface area contributed by atoms with Crippen molar-refractivity contribution < 1.29 is 0 Å². The lowest BCUT2D eigenvalue weighted by Crippen LogP contribution is -2.47. The molecule has 8 nitrogen and oxygen atoms in total. The zero-order valence-electron chi connectivity index (χ0n) is 16.1.